The standard InChI is InChI=1S/C16H20BrNO3/c1-3-11-7-8-18(13(9-11)16(20)21)15(19)12-6-4-5-10(2)14(12)17/h4-6,11,13H,3,7-9H2,1-2H3,(H,20,21). The zero-order chi connectivity index (χ0) is 15.6. The predicted molar refractivity (Wildman–Crippen MR) is 84.4 cm³/mol. The Labute approximate surface area is 133 Å². The van der Waals surface area contributed by atoms with E-state index >= 15 is 0 Å². The minimum Gasteiger partial charge on any atom is -0.480 e. The van der Waals surface area contributed by atoms with Crippen molar-refractivity contribution in [2.24, 2.45) is 5.92 Å². The van der Waals surface area contributed by atoms with E-state index in [0.717, 1.165) is 22.9 Å². The maximum atomic E-state index is 12.7. The molecule has 1 aliphatic rings. The number of likely N-dealkylation sites (tertiary alicyclic amines) is 1. The lowest BCUT2D eigenvalue weighted by atomic mass is 9.88. The largest absolute Gasteiger partial charge is 0.480 e. The molecule has 0 aliphatic carbocycles. The van der Waals surface area contributed by atoms with Crippen LogP contribution in [0.15, 0.2) is 22.7 Å². The van der Waals surface area contributed by atoms with E-state index in [-0.39, 0.29) is 5.91 Å². The Morgan fingerprint density at radius 3 is 2.76 bits per heavy atom. The van der Waals surface area contributed by atoms with Crippen LogP contribution in [0.5, 0.6) is 0 Å². The average molecular weight is 354 g/mol. The first kappa shape index (κ1) is 16.0. The minimum atomic E-state index is -0.912. The van der Waals surface area contributed by atoms with Gasteiger partial charge in [-0.1, -0.05) is 25.5 Å². The van der Waals surface area contributed by atoms with E-state index in [1.807, 2.05) is 19.1 Å². The summed E-state index contributed by atoms with van der Waals surface area (Å²) >= 11 is 3.43. The van der Waals surface area contributed by atoms with Gasteiger partial charge in [0, 0.05) is 11.0 Å². The number of hydrogen-bond donors (Lipinski definition) is 1. The zero-order valence-corrected chi connectivity index (χ0v) is 13.9. The van der Waals surface area contributed by atoms with Crippen molar-refractivity contribution in [2.75, 3.05) is 6.54 Å². The molecular formula is C16H20BrNO3. The van der Waals surface area contributed by atoms with E-state index < -0.39 is 12.0 Å². The number of piperidine rings is 1. The van der Waals surface area contributed by atoms with Crippen LogP contribution in [0, 0.1) is 12.8 Å². The van der Waals surface area contributed by atoms with Crippen LogP contribution in [0.25, 0.3) is 0 Å². The lowest BCUT2D eigenvalue weighted by Crippen LogP contribution is -2.50. The van der Waals surface area contributed by atoms with Crippen LogP contribution in [-0.4, -0.2) is 34.5 Å². The van der Waals surface area contributed by atoms with Crippen molar-refractivity contribution in [1.82, 2.24) is 4.90 Å². The minimum absolute atomic E-state index is 0.201. The fourth-order valence-electron chi connectivity index (χ4n) is 2.85. The van der Waals surface area contributed by atoms with Crippen LogP contribution in [0.2, 0.25) is 0 Å². The number of benzene rings is 1. The second-order valence-corrected chi connectivity index (χ2v) is 6.38. The maximum Gasteiger partial charge on any atom is 0.326 e. The number of aliphatic carboxylic acids is 1. The molecule has 0 aromatic heterocycles. The van der Waals surface area contributed by atoms with Crippen LogP contribution in [0.1, 0.15) is 42.1 Å². The second kappa shape index (κ2) is 6.60. The summed E-state index contributed by atoms with van der Waals surface area (Å²) in [6.45, 7) is 4.49. The maximum absolute atomic E-state index is 12.7. The van der Waals surface area contributed by atoms with Crippen LogP contribution in [0.3, 0.4) is 0 Å². The summed E-state index contributed by atoms with van der Waals surface area (Å²) < 4.78 is 0.747. The molecule has 1 heterocycles. The Bertz CT molecular complexity index is 558. The lowest BCUT2D eigenvalue weighted by molar-refractivity contribution is -0.144. The smallest absolute Gasteiger partial charge is 0.326 e. The summed E-state index contributed by atoms with van der Waals surface area (Å²) in [6, 6.07) is 4.76. The van der Waals surface area contributed by atoms with Gasteiger partial charge >= 0.3 is 5.97 Å². The molecule has 21 heavy (non-hydrogen) atoms. The molecule has 0 radical (unpaired) electrons. The highest BCUT2D eigenvalue weighted by Gasteiger charge is 2.36. The van der Waals surface area contributed by atoms with E-state index in [4.69, 9.17) is 0 Å². The molecule has 1 aromatic rings. The number of carbonyl (C=O) groups is 2. The van der Waals surface area contributed by atoms with E-state index in [2.05, 4.69) is 22.9 Å². The Balaban J connectivity index is 2.28. The van der Waals surface area contributed by atoms with Gasteiger partial charge in [0.05, 0.1) is 5.56 Å². The van der Waals surface area contributed by atoms with Gasteiger partial charge in [0.25, 0.3) is 5.91 Å². The van der Waals surface area contributed by atoms with Crippen molar-refractivity contribution in [2.45, 2.75) is 39.2 Å². The Hall–Kier alpha value is -1.36. The van der Waals surface area contributed by atoms with Crippen molar-refractivity contribution in [3.05, 3.63) is 33.8 Å². The Kier molecular flexibility index (Phi) is 5.04. The van der Waals surface area contributed by atoms with Crippen LogP contribution in [0.4, 0.5) is 0 Å². The molecule has 0 saturated carbocycles. The molecule has 1 fully saturated rings. The van der Waals surface area contributed by atoms with Crippen molar-refractivity contribution in [3.8, 4) is 0 Å². The van der Waals surface area contributed by atoms with Gasteiger partial charge in [0.15, 0.2) is 0 Å². The molecule has 1 amide bonds. The monoisotopic (exact) mass is 353 g/mol. The number of hydrogen-bond acceptors (Lipinski definition) is 2. The average Bonchev–Trinajstić information content (AvgIpc) is 2.48. The molecule has 2 unspecified atom stereocenters. The summed E-state index contributed by atoms with van der Waals surface area (Å²) in [6.07, 6.45) is 2.37. The van der Waals surface area contributed by atoms with E-state index in [0.29, 0.717) is 24.4 Å². The number of carboxylic acids is 1. The predicted octanol–water partition coefficient (Wildman–Crippen LogP) is 3.47. The van der Waals surface area contributed by atoms with E-state index in [9.17, 15) is 14.7 Å². The van der Waals surface area contributed by atoms with Gasteiger partial charge in [-0.2, -0.15) is 0 Å². The summed E-state index contributed by atoms with van der Waals surface area (Å²) in [4.78, 5) is 25.7. The molecule has 1 N–H and O–H groups in total. The van der Waals surface area contributed by atoms with Crippen molar-refractivity contribution in [3.63, 3.8) is 0 Å². The Morgan fingerprint density at radius 2 is 2.14 bits per heavy atom. The van der Waals surface area contributed by atoms with Gasteiger partial charge in [0.1, 0.15) is 6.04 Å². The molecule has 1 aliphatic heterocycles. The number of carboxylic acid groups (broad SMARTS) is 1. The van der Waals surface area contributed by atoms with Crippen LogP contribution in [-0.2, 0) is 4.79 Å². The number of halogens is 1. The number of amides is 1. The Morgan fingerprint density at radius 1 is 1.43 bits per heavy atom. The molecule has 1 saturated heterocycles. The number of aryl methyl sites for hydroxylation is 1. The first-order chi connectivity index (χ1) is 9.95. The lowest BCUT2D eigenvalue weighted by Gasteiger charge is -2.37. The molecule has 4 nitrogen and oxygen atoms in total. The van der Waals surface area contributed by atoms with Gasteiger partial charge < -0.3 is 10.0 Å². The fraction of sp³-hybridized carbons (Fsp3) is 0.500. The van der Waals surface area contributed by atoms with Crippen molar-refractivity contribution >= 4 is 27.8 Å². The molecular weight excluding hydrogens is 334 g/mol. The third-order valence-corrected chi connectivity index (χ3v) is 5.31. The topological polar surface area (TPSA) is 57.6 Å². The number of rotatable bonds is 3. The SMILES string of the molecule is CCC1CCN(C(=O)c2cccc(C)c2Br)C(C(=O)O)C1. The molecule has 2 atom stereocenters. The quantitative estimate of drug-likeness (QED) is 0.904. The van der Waals surface area contributed by atoms with E-state index in [1.54, 1.807) is 6.07 Å². The molecule has 1 aromatic carbocycles. The summed E-state index contributed by atoms with van der Waals surface area (Å²) in [5.41, 5.74) is 1.51. The highest BCUT2D eigenvalue weighted by atomic mass is 79.9. The highest BCUT2D eigenvalue weighted by Crippen LogP contribution is 2.29. The third-order valence-electron chi connectivity index (χ3n) is 4.26. The first-order valence-corrected chi connectivity index (χ1v) is 8.03. The third kappa shape index (κ3) is 3.28. The number of nitrogens with zero attached hydrogens (tertiary/aromatic N) is 1. The summed E-state index contributed by atoms with van der Waals surface area (Å²) in [5.74, 6) is -0.728. The second-order valence-electron chi connectivity index (χ2n) is 5.59. The van der Waals surface area contributed by atoms with Gasteiger partial charge in [0.2, 0.25) is 0 Å². The first-order valence-electron chi connectivity index (χ1n) is 7.24. The van der Waals surface area contributed by atoms with Gasteiger partial charge in [-0.3, -0.25) is 4.79 Å². The molecule has 114 valence electrons. The summed E-state index contributed by atoms with van der Waals surface area (Å²) in [7, 11) is 0. The van der Waals surface area contributed by atoms with Gasteiger partial charge in [-0.05, 0) is 53.2 Å². The fourth-order valence-corrected chi connectivity index (χ4v) is 3.29. The normalized spacial score (nSPS) is 22.1. The molecule has 2 rings (SSSR count). The molecule has 0 bridgehead atoms. The molecule has 5 heteroatoms. The van der Waals surface area contributed by atoms with Gasteiger partial charge in [-0.25, -0.2) is 4.79 Å². The zero-order valence-electron chi connectivity index (χ0n) is 12.3. The van der Waals surface area contributed by atoms with Crippen molar-refractivity contribution in [1.29, 1.82) is 0 Å². The van der Waals surface area contributed by atoms with Crippen LogP contribution >= 0.6 is 15.9 Å². The van der Waals surface area contributed by atoms with E-state index in [1.165, 1.54) is 4.90 Å². The van der Waals surface area contributed by atoms with Gasteiger partial charge in [-0.15, -0.1) is 0 Å². The van der Waals surface area contributed by atoms with Crippen molar-refractivity contribution < 1.29 is 14.7 Å². The van der Waals surface area contributed by atoms with Crippen LogP contribution < -0.4 is 0 Å². The number of carbonyl (C=O) groups excluding carboxylic acids is 1. The molecule has 0 spiro atoms. The highest BCUT2D eigenvalue weighted by molar-refractivity contribution is 9.10. The summed E-state index contributed by atoms with van der Waals surface area (Å²) in [5, 5.41) is 9.44.